The van der Waals surface area contributed by atoms with Crippen molar-refractivity contribution in [1.82, 2.24) is 0 Å². The first-order chi connectivity index (χ1) is 11.7. The molecule has 0 radical (unpaired) electrons. The first-order valence-corrected chi connectivity index (χ1v) is 7.78. The second-order valence-electron chi connectivity index (χ2n) is 5.99. The number of nitrogens with two attached hydrogens (primary N) is 5. The number of anilines is 1. The third-order valence-corrected chi connectivity index (χ3v) is 3.62. The normalized spacial score (nSPS) is 19.8. The summed E-state index contributed by atoms with van der Waals surface area (Å²) >= 11 is 0. The maximum absolute atomic E-state index is 5.81. The van der Waals surface area contributed by atoms with Crippen LogP contribution in [0, 0.1) is 0 Å². The Labute approximate surface area is 148 Å². The molecule has 25 heavy (non-hydrogen) atoms. The molecule has 0 aliphatic heterocycles. The molecule has 0 bridgehead atoms. The molecule has 2 aliphatic rings. The molecule has 3 rings (SSSR count). The lowest BCUT2D eigenvalue weighted by atomic mass is 9.92. The van der Waals surface area contributed by atoms with Gasteiger partial charge in [-0.15, -0.1) is 0 Å². The molecular formula is C19H25N5O. The molecule has 0 aromatic heterocycles. The molecule has 6 heteroatoms. The van der Waals surface area contributed by atoms with Crippen molar-refractivity contribution < 1.29 is 4.74 Å². The standard InChI is InChI=1S/C13H18N4O.C6H7N/c1-18-11-8-13(16,17)7-4-10(11)9-2-5-12(14,15)6-3-9;7-6-4-2-1-3-5-6/h2-8H,14-17H2,1H3;1-5H,7H2. The molecule has 0 fully saturated rings. The van der Waals surface area contributed by atoms with Gasteiger partial charge in [0, 0.05) is 11.3 Å². The number of hydrogen-bond donors (Lipinski definition) is 5. The topological polar surface area (TPSA) is 139 Å². The van der Waals surface area contributed by atoms with Crippen molar-refractivity contribution in [3.63, 3.8) is 0 Å². The largest absolute Gasteiger partial charge is 0.496 e. The fraction of sp³-hybridized carbons (Fsp3) is 0.158. The van der Waals surface area contributed by atoms with Crippen molar-refractivity contribution in [2.45, 2.75) is 11.3 Å². The van der Waals surface area contributed by atoms with E-state index in [1.807, 2.05) is 48.6 Å². The molecule has 0 atom stereocenters. The fourth-order valence-electron chi connectivity index (χ4n) is 2.28. The summed E-state index contributed by atoms with van der Waals surface area (Å²) < 4.78 is 5.31. The highest BCUT2D eigenvalue weighted by Crippen LogP contribution is 2.27. The van der Waals surface area contributed by atoms with Crippen LogP contribution in [0.5, 0.6) is 0 Å². The Kier molecular flexibility index (Phi) is 5.61. The minimum absolute atomic E-state index is 0.633. The number of methoxy groups -OCH3 is 1. The molecule has 10 N–H and O–H groups in total. The smallest absolute Gasteiger partial charge is 0.126 e. The number of nitrogen functional groups attached to an aromatic ring is 1. The van der Waals surface area contributed by atoms with Crippen LogP contribution in [0.4, 0.5) is 5.69 Å². The summed E-state index contributed by atoms with van der Waals surface area (Å²) in [6.45, 7) is 0. The van der Waals surface area contributed by atoms with Crippen LogP contribution >= 0.6 is 0 Å². The van der Waals surface area contributed by atoms with E-state index in [2.05, 4.69) is 0 Å². The third-order valence-electron chi connectivity index (χ3n) is 3.62. The average Bonchev–Trinajstić information content (AvgIpc) is 2.56. The fourth-order valence-corrected chi connectivity index (χ4v) is 2.28. The van der Waals surface area contributed by atoms with E-state index in [1.165, 1.54) is 0 Å². The number of ether oxygens (including phenoxy) is 1. The van der Waals surface area contributed by atoms with E-state index < -0.39 is 11.3 Å². The van der Waals surface area contributed by atoms with E-state index in [4.69, 9.17) is 33.4 Å². The average molecular weight is 339 g/mol. The van der Waals surface area contributed by atoms with Gasteiger partial charge in [-0.1, -0.05) is 36.4 Å². The number of allylic oxidation sites excluding steroid dienone is 4. The summed E-state index contributed by atoms with van der Waals surface area (Å²) in [4.78, 5) is 0. The van der Waals surface area contributed by atoms with Crippen LogP contribution in [0.1, 0.15) is 0 Å². The monoisotopic (exact) mass is 339 g/mol. The van der Waals surface area contributed by atoms with Gasteiger partial charge in [0.2, 0.25) is 0 Å². The quantitative estimate of drug-likeness (QED) is 0.382. The Balaban J connectivity index is 0.000000269. The molecule has 1 aromatic carbocycles. The summed E-state index contributed by atoms with van der Waals surface area (Å²) in [5, 5.41) is 0. The zero-order chi connectivity index (χ0) is 18.5. The summed E-state index contributed by atoms with van der Waals surface area (Å²) in [5.74, 6) is 0.633. The second-order valence-corrected chi connectivity index (χ2v) is 5.99. The number of hydrogen-bond acceptors (Lipinski definition) is 6. The number of para-hydroxylation sites is 1. The van der Waals surface area contributed by atoms with Crippen molar-refractivity contribution in [3.8, 4) is 0 Å². The Morgan fingerprint density at radius 3 is 1.84 bits per heavy atom. The van der Waals surface area contributed by atoms with E-state index in [9.17, 15) is 0 Å². The second kappa shape index (κ2) is 7.50. The predicted molar refractivity (Wildman–Crippen MR) is 103 cm³/mol. The van der Waals surface area contributed by atoms with E-state index in [1.54, 1.807) is 31.4 Å². The maximum atomic E-state index is 5.81. The van der Waals surface area contributed by atoms with Crippen molar-refractivity contribution in [1.29, 1.82) is 0 Å². The van der Waals surface area contributed by atoms with E-state index in [-0.39, 0.29) is 0 Å². The Morgan fingerprint density at radius 2 is 1.36 bits per heavy atom. The van der Waals surface area contributed by atoms with Gasteiger partial charge in [0.15, 0.2) is 0 Å². The molecule has 0 heterocycles. The van der Waals surface area contributed by atoms with Crippen LogP contribution in [-0.2, 0) is 4.74 Å². The van der Waals surface area contributed by atoms with Gasteiger partial charge in [-0.3, -0.25) is 0 Å². The van der Waals surface area contributed by atoms with Gasteiger partial charge < -0.3 is 33.4 Å². The van der Waals surface area contributed by atoms with Crippen LogP contribution in [0.15, 0.2) is 89.8 Å². The van der Waals surface area contributed by atoms with E-state index in [0.717, 1.165) is 16.8 Å². The lowest BCUT2D eigenvalue weighted by Crippen LogP contribution is -2.47. The van der Waals surface area contributed by atoms with E-state index >= 15 is 0 Å². The van der Waals surface area contributed by atoms with Crippen LogP contribution in [0.25, 0.3) is 0 Å². The molecule has 0 amide bonds. The lowest BCUT2D eigenvalue weighted by Gasteiger charge is -2.25. The summed E-state index contributed by atoms with van der Waals surface area (Å²) in [6.07, 6.45) is 12.4. The molecule has 0 saturated carbocycles. The van der Waals surface area contributed by atoms with Gasteiger partial charge in [-0.05, 0) is 42.0 Å². The minimum atomic E-state index is -0.983. The maximum Gasteiger partial charge on any atom is 0.126 e. The van der Waals surface area contributed by atoms with Crippen molar-refractivity contribution in [3.05, 3.63) is 89.8 Å². The Bertz CT molecular complexity index is 737. The van der Waals surface area contributed by atoms with Crippen LogP contribution < -0.4 is 28.7 Å². The predicted octanol–water partition coefficient (Wildman–Crippen LogP) is 1.01. The minimum Gasteiger partial charge on any atom is -0.496 e. The van der Waals surface area contributed by atoms with Crippen molar-refractivity contribution >= 4 is 5.69 Å². The highest BCUT2D eigenvalue weighted by molar-refractivity contribution is 5.55. The number of rotatable bonds is 1. The third kappa shape index (κ3) is 5.44. The molecule has 1 aromatic rings. The zero-order valence-electron chi connectivity index (χ0n) is 14.2. The molecule has 132 valence electrons. The van der Waals surface area contributed by atoms with Gasteiger partial charge in [0.1, 0.15) is 17.1 Å². The molecule has 6 nitrogen and oxygen atoms in total. The molecule has 0 spiro atoms. The van der Waals surface area contributed by atoms with Crippen LogP contribution in [0.2, 0.25) is 0 Å². The van der Waals surface area contributed by atoms with Crippen molar-refractivity contribution in [2.75, 3.05) is 12.8 Å². The first-order valence-electron chi connectivity index (χ1n) is 7.78. The summed E-state index contributed by atoms with van der Waals surface area (Å²) in [7, 11) is 1.58. The van der Waals surface area contributed by atoms with Gasteiger partial charge in [0.25, 0.3) is 0 Å². The molecule has 0 unspecified atom stereocenters. The van der Waals surface area contributed by atoms with Gasteiger partial charge in [-0.2, -0.15) is 0 Å². The molecule has 0 saturated heterocycles. The Hall–Kier alpha value is -2.64. The highest BCUT2D eigenvalue weighted by atomic mass is 16.5. The molecule has 2 aliphatic carbocycles. The van der Waals surface area contributed by atoms with Gasteiger partial charge >= 0.3 is 0 Å². The molecular weight excluding hydrogens is 314 g/mol. The summed E-state index contributed by atoms with van der Waals surface area (Å²) in [6, 6.07) is 9.49. The lowest BCUT2D eigenvalue weighted by molar-refractivity contribution is 0.296. The van der Waals surface area contributed by atoms with Crippen LogP contribution in [0.3, 0.4) is 0 Å². The zero-order valence-corrected chi connectivity index (χ0v) is 14.2. The van der Waals surface area contributed by atoms with E-state index in [0.29, 0.717) is 5.76 Å². The summed E-state index contributed by atoms with van der Waals surface area (Å²) in [5.41, 5.74) is 29.3. The Morgan fingerprint density at radius 1 is 0.800 bits per heavy atom. The van der Waals surface area contributed by atoms with Crippen molar-refractivity contribution in [2.24, 2.45) is 22.9 Å². The first kappa shape index (κ1) is 18.7. The highest BCUT2D eigenvalue weighted by Gasteiger charge is 2.22. The van der Waals surface area contributed by atoms with Gasteiger partial charge in [0.05, 0.1) is 7.11 Å². The number of benzene rings is 1. The van der Waals surface area contributed by atoms with Crippen LogP contribution in [-0.4, -0.2) is 18.4 Å². The SMILES string of the molecule is COC1=CC(N)(N)C=CC1=C1C=CC(N)(N)C=C1.Nc1ccccc1. The van der Waals surface area contributed by atoms with Gasteiger partial charge in [-0.25, -0.2) is 0 Å².